The minimum atomic E-state index is -3.47. The molecular weight excluding hydrogens is 276 g/mol. The van der Waals surface area contributed by atoms with Crippen LogP contribution in [0.2, 0.25) is 0 Å². The maximum atomic E-state index is 12.7. The lowest BCUT2D eigenvalue weighted by Gasteiger charge is -2.25. The fraction of sp³-hybridized carbons (Fsp3) is 0.615. The van der Waals surface area contributed by atoms with E-state index in [2.05, 4.69) is 16.9 Å². The Bertz CT molecular complexity index is 604. The van der Waals surface area contributed by atoms with Gasteiger partial charge in [0.1, 0.15) is 5.82 Å². The minimum absolute atomic E-state index is 0.236. The van der Waals surface area contributed by atoms with Crippen molar-refractivity contribution in [1.82, 2.24) is 14.2 Å². The topological polar surface area (TPSA) is 79.5 Å². The first-order chi connectivity index (χ1) is 9.48. The first-order valence-electron chi connectivity index (χ1n) is 6.92. The average molecular weight is 296 g/mol. The van der Waals surface area contributed by atoms with Crippen LogP contribution in [0, 0.1) is 0 Å². The molecule has 0 aliphatic carbocycles. The zero-order chi connectivity index (χ0) is 14.3. The number of nitrogen functional groups attached to an aromatic ring is 1. The highest BCUT2D eigenvalue weighted by molar-refractivity contribution is 7.89. The SMILES string of the molecule is CN1C2CCC1CN(S(=O)(=O)c1ccnc(N)c1)CC2. The number of anilines is 1. The van der Waals surface area contributed by atoms with Crippen molar-refractivity contribution >= 4 is 15.8 Å². The van der Waals surface area contributed by atoms with Gasteiger partial charge >= 0.3 is 0 Å². The van der Waals surface area contributed by atoms with Crippen LogP contribution < -0.4 is 5.73 Å². The number of hydrogen-bond donors (Lipinski definition) is 1. The molecule has 110 valence electrons. The van der Waals surface area contributed by atoms with Gasteiger partial charge in [0.2, 0.25) is 10.0 Å². The molecule has 1 aromatic heterocycles. The lowest BCUT2D eigenvalue weighted by Crippen LogP contribution is -2.39. The summed E-state index contributed by atoms with van der Waals surface area (Å²) in [6.07, 6.45) is 4.59. The first-order valence-corrected chi connectivity index (χ1v) is 8.36. The number of pyridine rings is 1. The normalized spacial score (nSPS) is 28.4. The van der Waals surface area contributed by atoms with Gasteiger partial charge in [0, 0.05) is 37.4 Å². The molecule has 0 saturated carbocycles. The third-order valence-electron chi connectivity index (χ3n) is 4.50. The van der Waals surface area contributed by atoms with Gasteiger partial charge in [-0.1, -0.05) is 0 Å². The summed E-state index contributed by atoms with van der Waals surface area (Å²) in [5, 5.41) is 0. The molecule has 6 nitrogen and oxygen atoms in total. The lowest BCUT2D eigenvalue weighted by molar-refractivity contribution is 0.246. The van der Waals surface area contributed by atoms with Crippen molar-refractivity contribution in [3.8, 4) is 0 Å². The Balaban J connectivity index is 1.88. The third-order valence-corrected chi connectivity index (χ3v) is 6.36. The molecule has 2 fully saturated rings. The van der Waals surface area contributed by atoms with E-state index in [4.69, 9.17) is 5.73 Å². The van der Waals surface area contributed by atoms with Crippen molar-refractivity contribution in [3.05, 3.63) is 18.3 Å². The minimum Gasteiger partial charge on any atom is -0.384 e. The van der Waals surface area contributed by atoms with Gasteiger partial charge < -0.3 is 5.73 Å². The zero-order valence-corrected chi connectivity index (χ0v) is 12.4. The van der Waals surface area contributed by atoms with E-state index in [1.165, 1.54) is 24.8 Å². The quantitative estimate of drug-likeness (QED) is 0.861. The molecule has 0 radical (unpaired) electrons. The molecule has 2 unspecified atom stereocenters. The van der Waals surface area contributed by atoms with Gasteiger partial charge in [0.15, 0.2) is 0 Å². The van der Waals surface area contributed by atoms with Crippen LogP contribution in [-0.4, -0.2) is 54.8 Å². The number of hydrogen-bond acceptors (Lipinski definition) is 5. The maximum absolute atomic E-state index is 12.7. The maximum Gasteiger partial charge on any atom is 0.243 e. The van der Waals surface area contributed by atoms with E-state index < -0.39 is 10.0 Å². The van der Waals surface area contributed by atoms with E-state index in [-0.39, 0.29) is 10.7 Å². The molecule has 7 heteroatoms. The fourth-order valence-electron chi connectivity index (χ4n) is 3.23. The lowest BCUT2D eigenvalue weighted by atomic mass is 10.1. The molecular formula is C13H20N4O2S. The van der Waals surface area contributed by atoms with Crippen LogP contribution in [0.1, 0.15) is 19.3 Å². The van der Waals surface area contributed by atoms with Crippen LogP contribution in [0.15, 0.2) is 23.2 Å². The Kier molecular flexibility index (Phi) is 3.43. The molecule has 3 heterocycles. The zero-order valence-electron chi connectivity index (χ0n) is 11.6. The van der Waals surface area contributed by atoms with E-state index in [0.717, 1.165) is 12.8 Å². The molecule has 3 rings (SSSR count). The molecule has 0 aromatic carbocycles. The van der Waals surface area contributed by atoms with Crippen molar-refractivity contribution in [1.29, 1.82) is 0 Å². The second kappa shape index (κ2) is 4.98. The van der Waals surface area contributed by atoms with Gasteiger partial charge in [-0.2, -0.15) is 4.31 Å². The summed E-state index contributed by atoms with van der Waals surface area (Å²) in [6.45, 7) is 1.15. The highest BCUT2D eigenvalue weighted by atomic mass is 32.2. The summed E-state index contributed by atoms with van der Waals surface area (Å²) in [5.74, 6) is 0.236. The molecule has 2 aliphatic heterocycles. The summed E-state index contributed by atoms with van der Waals surface area (Å²) in [5.41, 5.74) is 5.60. The second-order valence-corrected chi connectivity index (χ2v) is 7.56. The predicted molar refractivity (Wildman–Crippen MR) is 76.6 cm³/mol. The summed E-state index contributed by atoms with van der Waals surface area (Å²) in [4.78, 5) is 6.42. The Morgan fingerprint density at radius 2 is 2.05 bits per heavy atom. The van der Waals surface area contributed by atoms with E-state index in [1.807, 2.05) is 0 Å². The number of aromatic nitrogens is 1. The first kappa shape index (κ1) is 13.8. The van der Waals surface area contributed by atoms with Gasteiger partial charge in [-0.25, -0.2) is 13.4 Å². The van der Waals surface area contributed by atoms with Gasteiger partial charge in [0.05, 0.1) is 4.90 Å². The Hall–Kier alpha value is -1.18. The van der Waals surface area contributed by atoms with Crippen LogP contribution in [0.25, 0.3) is 0 Å². The third kappa shape index (κ3) is 2.30. The molecule has 0 amide bonds. The predicted octanol–water partition coefficient (Wildman–Crippen LogP) is 0.521. The monoisotopic (exact) mass is 296 g/mol. The van der Waals surface area contributed by atoms with E-state index >= 15 is 0 Å². The summed E-state index contributed by atoms with van der Waals surface area (Å²) < 4.78 is 27.0. The van der Waals surface area contributed by atoms with Gasteiger partial charge in [0.25, 0.3) is 0 Å². The highest BCUT2D eigenvalue weighted by Crippen LogP contribution is 2.30. The van der Waals surface area contributed by atoms with Crippen LogP contribution in [0.3, 0.4) is 0 Å². The van der Waals surface area contributed by atoms with Crippen LogP contribution in [0.5, 0.6) is 0 Å². The number of fused-ring (bicyclic) bond motifs is 2. The van der Waals surface area contributed by atoms with Crippen molar-refractivity contribution in [2.75, 3.05) is 25.9 Å². The highest BCUT2D eigenvalue weighted by Gasteiger charge is 2.38. The molecule has 2 saturated heterocycles. The molecule has 20 heavy (non-hydrogen) atoms. The summed E-state index contributed by atoms with van der Waals surface area (Å²) >= 11 is 0. The van der Waals surface area contributed by atoms with Crippen LogP contribution in [0.4, 0.5) is 5.82 Å². The van der Waals surface area contributed by atoms with Gasteiger partial charge in [-0.05, 0) is 32.4 Å². The largest absolute Gasteiger partial charge is 0.384 e. The molecule has 2 aliphatic rings. The van der Waals surface area contributed by atoms with Gasteiger partial charge in [-0.15, -0.1) is 0 Å². The van der Waals surface area contributed by atoms with Crippen LogP contribution >= 0.6 is 0 Å². The number of nitrogens with two attached hydrogens (primary N) is 1. The number of rotatable bonds is 2. The smallest absolute Gasteiger partial charge is 0.243 e. The van der Waals surface area contributed by atoms with E-state index in [1.54, 1.807) is 4.31 Å². The Labute approximate surface area is 119 Å². The molecule has 2 bridgehead atoms. The molecule has 1 aromatic rings. The van der Waals surface area contributed by atoms with Crippen molar-refractivity contribution in [2.24, 2.45) is 0 Å². The fourth-order valence-corrected chi connectivity index (χ4v) is 4.75. The van der Waals surface area contributed by atoms with Crippen molar-refractivity contribution in [3.63, 3.8) is 0 Å². The second-order valence-electron chi connectivity index (χ2n) is 5.62. The van der Waals surface area contributed by atoms with E-state index in [9.17, 15) is 8.42 Å². The average Bonchev–Trinajstić information content (AvgIpc) is 2.62. The summed E-state index contributed by atoms with van der Waals surface area (Å²) in [7, 11) is -1.37. The number of likely N-dealkylation sites (N-methyl/N-ethyl adjacent to an activating group) is 1. The standard InChI is InChI=1S/C13H20N4O2S/c1-16-10-2-3-11(16)9-17(7-5-10)20(18,19)12-4-6-15-13(14)8-12/h4,6,8,10-11H,2-3,5,7,9H2,1H3,(H2,14,15). The Morgan fingerprint density at radius 1 is 1.30 bits per heavy atom. The van der Waals surface area contributed by atoms with E-state index in [0.29, 0.717) is 25.2 Å². The van der Waals surface area contributed by atoms with Crippen molar-refractivity contribution < 1.29 is 8.42 Å². The molecule has 0 spiro atoms. The van der Waals surface area contributed by atoms with Crippen molar-refractivity contribution in [2.45, 2.75) is 36.2 Å². The van der Waals surface area contributed by atoms with Crippen LogP contribution in [-0.2, 0) is 10.0 Å². The number of nitrogens with zero attached hydrogens (tertiary/aromatic N) is 3. The molecule has 2 atom stereocenters. The molecule has 2 N–H and O–H groups in total. The summed E-state index contributed by atoms with van der Waals surface area (Å²) in [6, 6.07) is 3.79. The van der Waals surface area contributed by atoms with Gasteiger partial charge in [-0.3, -0.25) is 4.90 Å². The number of sulfonamides is 1. The Morgan fingerprint density at radius 3 is 2.80 bits per heavy atom.